The summed E-state index contributed by atoms with van der Waals surface area (Å²) in [7, 11) is 0. The first-order valence-electron chi connectivity index (χ1n) is 5.89. The van der Waals surface area contributed by atoms with E-state index in [0.717, 1.165) is 0 Å². The smallest absolute Gasteiger partial charge is 0.275 e. The maximum atomic E-state index is 12.0. The van der Waals surface area contributed by atoms with Crippen LogP contribution in [0, 0.1) is 0 Å². The van der Waals surface area contributed by atoms with Crippen LogP contribution in [-0.2, 0) is 11.3 Å². The molecule has 0 spiro atoms. The van der Waals surface area contributed by atoms with E-state index in [-0.39, 0.29) is 19.1 Å². The summed E-state index contributed by atoms with van der Waals surface area (Å²) in [6.45, 7) is 0.515. The number of nitrogens with one attached hydrogen (secondary N) is 1. The number of carbonyl (C=O) groups is 1. The minimum Gasteiger partial charge on any atom is -0.394 e. The number of rotatable bonds is 6. The number of ether oxygens (including phenoxy) is 1. The Morgan fingerprint density at radius 1 is 1.40 bits per heavy atom. The zero-order chi connectivity index (χ0) is 14.4. The van der Waals surface area contributed by atoms with Gasteiger partial charge in [-0.1, -0.05) is 11.6 Å². The van der Waals surface area contributed by atoms with Gasteiger partial charge in [0.2, 0.25) is 0 Å². The third-order valence-corrected chi connectivity index (χ3v) is 3.42. The minimum absolute atomic E-state index is 0.0325. The Morgan fingerprint density at radius 3 is 2.85 bits per heavy atom. The van der Waals surface area contributed by atoms with Gasteiger partial charge in [-0.2, -0.15) is 0 Å². The number of nitrogens with zero attached hydrogens (tertiary/aromatic N) is 1. The van der Waals surface area contributed by atoms with E-state index >= 15 is 0 Å². The molecule has 1 heterocycles. The van der Waals surface area contributed by atoms with E-state index in [1.54, 1.807) is 29.6 Å². The van der Waals surface area contributed by atoms with Crippen molar-refractivity contribution in [3.63, 3.8) is 0 Å². The molecule has 2 rings (SSSR count). The largest absolute Gasteiger partial charge is 0.394 e. The lowest BCUT2D eigenvalue weighted by molar-refractivity contribution is 0.0812. The van der Waals surface area contributed by atoms with Crippen molar-refractivity contribution in [2.75, 3.05) is 18.5 Å². The zero-order valence-electron chi connectivity index (χ0n) is 10.5. The van der Waals surface area contributed by atoms with Gasteiger partial charge in [-0.25, -0.2) is 4.98 Å². The number of aromatic nitrogens is 1. The van der Waals surface area contributed by atoms with Crippen molar-refractivity contribution in [1.29, 1.82) is 0 Å². The quantitative estimate of drug-likeness (QED) is 0.804. The van der Waals surface area contributed by atoms with Crippen molar-refractivity contribution < 1.29 is 14.6 Å². The van der Waals surface area contributed by atoms with Gasteiger partial charge >= 0.3 is 0 Å². The van der Waals surface area contributed by atoms with E-state index < -0.39 is 0 Å². The summed E-state index contributed by atoms with van der Waals surface area (Å²) in [5, 5.41) is 14.3. The van der Waals surface area contributed by atoms with Crippen molar-refractivity contribution in [1.82, 2.24) is 4.98 Å². The molecule has 0 radical (unpaired) electrons. The summed E-state index contributed by atoms with van der Waals surface area (Å²) in [6.07, 6.45) is 0. The molecule has 0 aliphatic rings. The Bertz CT molecular complexity index is 571. The maximum absolute atomic E-state index is 12.0. The van der Waals surface area contributed by atoms with Gasteiger partial charge < -0.3 is 15.2 Å². The Hall–Kier alpha value is -1.47. The number of aliphatic hydroxyl groups excluding tert-OH is 1. The molecule has 0 atom stereocenters. The van der Waals surface area contributed by atoms with E-state index in [4.69, 9.17) is 21.4 Å². The minimum atomic E-state index is -0.281. The normalized spacial score (nSPS) is 10.5. The average molecular weight is 313 g/mol. The fourth-order valence-corrected chi connectivity index (χ4v) is 2.27. The van der Waals surface area contributed by atoms with Crippen LogP contribution < -0.4 is 5.32 Å². The number of halogens is 1. The summed E-state index contributed by atoms with van der Waals surface area (Å²) in [5.41, 5.74) is 0.998. The standard InChI is InChI=1S/C13H13ClN2O3S/c14-9-1-3-10(4-2-9)15-13(18)11-8-20-12(16-11)7-19-6-5-17/h1-4,8,17H,5-7H2,(H,15,18). The molecule has 0 bridgehead atoms. The second kappa shape index (κ2) is 7.35. The highest BCUT2D eigenvalue weighted by Gasteiger charge is 2.11. The first-order valence-corrected chi connectivity index (χ1v) is 7.14. The zero-order valence-corrected chi connectivity index (χ0v) is 12.1. The van der Waals surface area contributed by atoms with Crippen LogP contribution in [-0.4, -0.2) is 29.2 Å². The number of benzene rings is 1. The van der Waals surface area contributed by atoms with Crippen LogP contribution in [0.4, 0.5) is 5.69 Å². The van der Waals surface area contributed by atoms with Gasteiger partial charge in [0.25, 0.3) is 5.91 Å². The molecular weight excluding hydrogens is 300 g/mol. The Labute approximate surface area is 125 Å². The lowest BCUT2D eigenvalue weighted by atomic mass is 10.3. The van der Waals surface area contributed by atoms with Crippen molar-refractivity contribution >= 4 is 34.5 Å². The van der Waals surface area contributed by atoms with E-state index in [0.29, 0.717) is 28.0 Å². The van der Waals surface area contributed by atoms with E-state index in [9.17, 15) is 4.79 Å². The van der Waals surface area contributed by atoms with Crippen LogP contribution in [0.25, 0.3) is 0 Å². The number of hydrogen-bond acceptors (Lipinski definition) is 5. The molecule has 0 unspecified atom stereocenters. The number of thiazole rings is 1. The van der Waals surface area contributed by atoms with Gasteiger partial charge in [0.15, 0.2) is 0 Å². The molecule has 0 fully saturated rings. The fraction of sp³-hybridized carbons (Fsp3) is 0.231. The third kappa shape index (κ3) is 4.28. The predicted octanol–water partition coefficient (Wildman–Crippen LogP) is 2.56. The monoisotopic (exact) mass is 312 g/mol. The van der Waals surface area contributed by atoms with Gasteiger partial charge in [-0.15, -0.1) is 11.3 Å². The average Bonchev–Trinajstić information content (AvgIpc) is 2.91. The van der Waals surface area contributed by atoms with Crippen LogP contribution in [0.2, 0.25) is 5.02 Å². The Balaban J connectivity index is 1.93. The van der Waals surface area contributed by atoms with E-state index in [1.165, 1.54) is 11.3 Å². The molecule has 0 aliphatic carbocycles. The highest BCUT2D eigenvalue weighted by Crippen LogP contribution is 2.16. The predicted molar refractivity (Wildman–Crippen MR) is 78.3 cm³/mol. The molecule has 1 amide bonds. The van der Waals surface area contributed by atoms with Gasteiger partial charge in [-0.05, 0) is 24.3 Å². The molecule has 1 aromatic heterocycles. The molecule has 0 aliphatic heterocycles. The molecule has 1 aromatic carbocycles. The molecular formula is C13H13ClN2O3S. The van der Waals surface area contributed by atoms with Gasteiger partial charge in [-0.3, -0.25) is 4.79 Å². The highest BCUT2D eigenvalue weighted by molar-refractivity contribution is 7.09. The number of hydrogen-bond donors (Lipinski definition) is 2. The molecule has 20 heavy (non-hydrogen) atoms. The van der Waals surface area contributed by atoms with Gasteiger partial charge in [0, 0.05) is 16.1 Å². The van der Waals surface area contributed by atoms with Crippen molar-refractivity contribution in [2.24, 2.45) is 0 Å². The van der Waals surface area contributed by atoms with Crippen LogP contribution >= 0.6 is 22.9 Å². The summed E-state index contributed by atoms with van der Waals surface area (Å²) in [4.78, 5) is 16.1. The van der Waals surface area contributed by atoms with E-state index in [2.05, 4.69) is 10.3 Å². The maximum Gasteiger partial charge on any atom is 0.275 e. The molecule has 0 saturated carbocycles. The molecule has 0 saturated heterocycles. The second-order valence-corrected chi connectivity index (χ2v) is 5.24. The Morgan fingerprint density at radius 2 is 2.15 bits per heavy atom. The molecule has 2 N–H and O–H groups in total. The molecule has 106 valence electrons. The lowest BCUT2D eigenvalue weighted by Crippen LogP contribution is -2.12. The fourth-order valence-electron chi connectivity index (χ4n) is 1.43. The lowest BCUT2D eigenvalue weighted by Gasteiger charge is -2.02. The van der Waals surface area contributed by atoms with Crippen molar-refractivity contribution in [3.05, 3.63) is 45.4 Å². The number of carbonyl (C=O) groups excluding carboxylic acids is 1. The molecule has 5 nitrogen and oxygen atoms in total. The summed E-state index contributed by atoms with van der Waals surface area (Å²) < 4.78 is 5.14. The number of aliphatic hydroxyl groups is 1. The first kappa shape index (κ1) is 14.9. The second-order valence-electron chi connectivity index (χ2n) is 3.86. The van der Waals surface area contributed by atoms with Crippen molar-refractivity contribution in [3.8, 4) is 0 Å². The summed E-state index contributed by atoms with van der Waals surface area (Å²) in [6, 6.07) is 6.84. The topological polar surface area (TPSA) is 71.5 Å². The van der Waals surface area contributed by atoms with Crippen molar-refractivity contribution in [2.45, 2.75) is 6.61 Å². The molecule has 7 heteroatoms. The summed E-state index contributed by atoms with van der Waals surface area (Å²) in [5.74, 6) is -0.281. The van der Waals surface area contributed by atoms with E-state index in [1.807, 2.05) is 0 Å². The van der Waals surface area contributed by atoms with Crippen LogP contribution in [0.15, 0.2) is 29.6 Å². The van der Waals surface area contributed by atoms with Gasteiger partial charge in [0.1, 0.15) is 10.7 Å². The number of amides is 1. The van der Waals surface area contributed by atoms with Gasteiger partial charge in [0.05, 0.1) is 19.8 Å². The summed E-state index contributed by atoms with van der Waals surface area (Å²) >= 11 is 7.12. The SMILES string of the molecule is O=C(Nc1ccc(Cl)cc1)c1csc(COCCO)n1. The van der Waals surface area contributed by atoms with Crippen LogP contribution in [0.1, 0.15) is 15.5 Å². The Kier molecular flexibility index (Phi) is 5.49. The highest BCUT2D eigenvalue weighted by atomic mass is 35.5. The number of anilines is 1. The third-order valence-electron chi connectivity index (χ3n) is 2.35. The van der Waals surface area contributed by atoms with Crippen LogP contribution in [0.5, 0.6) is 0 Å². The first-order chi connectivity index (χ1) is 9.69. The van der Waals surface area contributed by atoms with Crippen LogP contribution in [0.3, 0.4) is 0 Å². The molecule has 2 aromatic rings.